The summed E-state index contributed by atoms with van der Waals surface area (Å²) in [5.74, 6) is -0.484. The Kier molecular flexibility index (Phi) is 5.09. The molecule has 0 bridgehead atoms. The molecule has 0 aliphatic carbocycles. The van der Waals surface area contributed by atoms with Crippen molar-refractivity contribution in [3.63, 3.8) is 0 Å². The van der Waals surface area contributed by atoms with Crippen LogP contribution in [0.4, 0.5) is 8.78 Å². The summed E-state index contributed by atoms with van der Waals surface area (Å²) >= 11 is 0. The van der Waals surface area contributed by atoms with Gasteiger partial charge in [-0.15, -0.1) is 0 Å². The van der Waals surface area contributed by atoms with Gasteiger partial charge in [0.25, 0.3) is 5.91 Å². The molecular formula is C17H17F2NO2. The Balaban J connectivity index is 2.24. The van der Waals surface area contributed by atoms with E-state index in [1.807, 2.05) is 37.3 Å². The van der Waals surface area contributed by atoms with Crippen molar-refractivity contribution in [1.82, 2.24) is 4.90 Å². The van der Waals surface area contributed by atoms with Gasteiger partial charge in [-0.3, -0.25) is 4.79 Å². The number of ether oxygens (including phenoxy) is 1. The summed E-state index contributed by atoms with van der Waals surface area (Å²) < 4.78 is 29.3. The van der Waals surface area contributed by atoms with Crippen molar-refractivity contribution < 1.29 is 18.3 Å². The maximum Gasteiger partial charge on any atom is 0.387 e. The highest BCUT2D eigenvalue weighted by molar-refractivity contribution is 5.97. The van der Waals surface area contributed by atoms with Crippen LogP contribution in [0.3, 0.4) is 0 Å². The average molecular weight is 305 g/mol. The maximum atomic E-state index is 12.6. The summed E-state index contributed by atoms with van der Waals surface area (Å²) in [5.41, 5.74) is 1.08. The fourth-order valence-corrected chi connectivity index (χ4v) is 2.16. The van der Waals surface area contributed by atoms with Crippen LogP contribution in [0.15, 0.2) is 54.6 Å². The third-order valence-electron chi connectivity index (χ3n) is 3.52. The number of rotatable bonds is 5. The zero-order chi connectivity index (χ0) is 16.1. The first-order valence-electron chi connectivity index (χ1n) is 6.86. The van der Waals surface area contributed by atoms with Crippen LogP contribution >= 0.6 is 0 Å². The molecule has 0 saturated heterocycles. The SMILES string of the molecule is CC(c1ccccc1)N(C)C(=O)c1ccccc1OC(F)F. The molecule has 0 aliphatic rings. The predicted molar refractivity (Wildman–Crippen MR) is 80.0 cm³/mol. The molecule has 0 heterocycles. The standard InChI is InChI=1S/C17H17F2NO2/c1-12(13-8-4-3-5-9-13)20(2)16(21)14-10-6-7-11-15(14)22-17(18)19/h3-12,17H,1-2H3. The summed E-state index contributed by atoms with van der Waals surface area (Å²) in [6.45, 7) is -1.09. The van der Waals surface area contributed by atoms with Crippen LogP contribution in [-0.4, -0.2) is 24.5 Å². The molecule has 0 N–H and O–H groups in total. The van der Waals surface area contributed by atoms with E-state index >= 15 is 0 Å². The summed E-state index contributed by atoms with van der Waals surface area (Å²) in [7, 11) is 1.64. The van der Waals surface area contributed by atoms with E-state index in [9.17, 15) is 13.6 Å². The minimum absolute atomic E-state index is 0.116. The fraction of sp³-hybridized carbons (Fsp3) is 0.235. The lowest BCUT2D eigenvalue weighted by Crippen LogP contribution is -2.30. The van der Waals surface area contributed by atoms with Crippen LogP contribution in [0.25, 0.3) is 0 Å². The lowest BCUT2D eigenvalue weighted by molar-refractivity contribution is -0.0502. The number of hydrogen-bond donors (Lipinski definition) is 0. The Morgan fingerprint density at radius 2 is 1.64 bits per heavy atom. The van der Waals surface area contributed by atoms with Crippen molar-refractivity contribution >= 4 is 5.91 Å². The minimum atomic E-state index is -2.97. The highest BCUT2D eigenvalue weighted by Gasteiger charge is 2.22. The van der Waals surface area contributed by atoms with Crippen LogP contribution in [0, 0.1) is 0 Å². The first-order chi connectivity index (χ1) is 10.5. The minimum Gasteiger partial charge on any atom is -0.434 e. The van der Waals surface area contributed by atoms with Gasteiger partial charge in [0.15, 0.2) is 0 Å². The lowest BCUT2D eigenvalue weighted by Gasteiger charge is -2.26. The van der Waals surface area contributed by atoms with Gasteiger partial charge in [0.1, 0.15) is 5.75 Å². The van der Waals surface area contributed by atoms with Gasteiger partial charge in [-0.25, -0.2) is 0 Å². The van der Waals surface area contributed by atoms with E-state index in [0.717, 1.165) is 5.56 Å². The van der Waals surface area contributed by atoms with E-state index in [-0.39, 0.29) is 23.3 Å². The number of para-hydroxylation sites is 1. The molecule has 2 rings (SSSR count). The summed E-state index contributed by atoms with van der Waals surface area (Å²) in [6.07, 6.45) is 0. The Bertz CT molecular complexity index is 632. The van der Waals surface area contributed by atoms with E-state index < -0.39 is 6.61 Å². The lowest BCUT2D eigenvalue weighted by atomic mass is 10.1. The molecule has 1 amide bonds. The smallest absolute Gasteiger partial charge is 0.387 e. The van der Waals surface area contributed by atoms with Gasteiger partial charge in [-0.2, -0.15) is 8.78 Å². The second-order valence-electron chi connectivity index (χ2n) is 4.88. The number of carbonyl (C=O) groups is 1. The molecule has 0 aliphatic heterocycles. The maximum absolute atomic E-state index is 12.6. The van der Waals surface area contributed by atoms with Crippen LogP contribution in [0.5, 0.6) is 5.75 Å². The third kappa shape index (κ3) is 3.61. The van der Waals surface area contributed by atoms with Crippen LogP contribution in [0.2, 0.25) is 0 Å². The molecule has 22 heavy (non-hydrogen) atoms. The molecule has 0 saturated carbocycles. The second kappa shape index (κ2) is 7.02. The van der Waals surface area contributed by atoms with E-state index in [1.165, 1.54) is 17.0 Å². The van der Waals surface area contributed by atoms with Crippen LogP contribution in [0.1, 0.15) is 28.9 Å². The van der Waals surface area contributed by atoms with Crippen molar-refractivity contribution in [1.29, 1.82) is 0 Å². The normalized spacial score (nSPS) is 12.0. The largest absolute Gasteiger partial charge is 0.434 e. The van der Waals surface area contributed by atoms with Crippen LogP contribution in [-0.2, 0) is 0 Å². The van der Waals surface area contributed by atoms with E-state index in [0.29, 0.717) is 0 Å². The first kappa shape index (κ1) is 15.9. The zero-order valence-corrected chi connectivity index (χ0v) is 12.4. The topological polar surface area (TPSA) is 29.5 Å². The van der Waals surface area contributed by atoms with Crippen molar-refractivity contribution in [2.45, 2.75) is 19.6 Å². The van der Waals surface area contributed by atoms with E-state index in [4.69, 9.17) is 0 Å². The molecule has 0 aromatic heterocycles. The number of nitrogens with zero attached hydrogens (tertiary/aromatic N) is 1. The fourth-order valence-electron chi connectivity index (χ4n) is 2.16. The number of hydrogen-bond acceptors (Lipinski definition) is 2. The molecule has 1 unspecified atom stereocenters. The molecule has 0 spiro atoms. The van der Waals surface area contributed by atoms with Gasteiger partial charge in [-0.1, -0.05) is 42.5 Å². The first-order valence-corrected chi connectivity index (χ1v) is 6.86. The molecule has 0 radical (unpaired) electrons. The van der Waals surface area contributed by atoms with Crippen molar-refractivity contribution in [3.05, 3.63) is 65.7 Å². The second-order valence-corrected chi connectivity index (χ2v) is 4.88. The molecule has 5 heteroatoms. The van der Waals surface area contributed by atoms with E-state index in [2.05, 4.69) is 4.74 Å². The average Bonchev–Trinajstić information content (AvgIpc) is 2.53. The summed E-state index contributed by atoms with van der Waals surface area (Å²) in [6, 6.07) is 15.3. The molecule has 1 atom stereocenters. The van der Waals surface area contributed by atoms with Gasteiger partial charge >= 0.3 is 6.61 Å². The number of amides is 1. The predicted octanol–water partition coefficient (Wildman–Crippen LogP) is 4.12. The highest BCUT2D eigenvalue weighted by Crippen LogP contribution is 2.25. The molecule has 2 aromatic carbocycles. The number of benzene rings is 2. The van der Waals surface area contributed by atoms with Crippen LogP contribution < -0.4 is 4.74 Å². The monoisotopic (exact) mass is 305 g/mol. The third-order valence-corrected chi connectivity index (χ3v) is 3.52. The highest BCUT2D eigenvalue weighted by atomic mass is 19.3. The zero-order valence-electron chi connectivity index (χ0n) is 12.4. The Morgan fingerprint density at radius 3 is 2.27 bits per heavy atom. The molecule has 116 valence electrons. The van der Waals surface area contributed by atoms with Crippen molar-refractivity contribution in [2.24, 2.45) is 0 Å². The summed E-state index contributed by atoms with van der Waals surface area (Å²) in [5, 5.41) is 0. The molecule has 3 nitrogen and oxygen atoms in total. The Morgan fingerprint density at radius 1 is 1.05 bits per heavy atom. The van der Waals surface area contributed by atoms with Gasteiger partial charge in [0.05, 0.1) is 11.6 Å². The number of alkyl halides is 2. The Hall–Kier alpha value is -2.43. The van der Waals surface area contributed by atoms with Gasteiger partial charge < -0.3 is 9.64 Å². The number of halogens is 2. The summed E-state index contributed by atoms with van der Waals surface area (Å²) in [4.78, 5) is 14.1. The van der Waals surface area contributed by atoms with Gasteiger partial charge in [0, 0.05) is 7.05 Å². The number of carbonyl (C=O) groups excluding carboxylic acids is 1. The quantitative estimate of drug-likeness (QED) is 0.831. The van der Waals surface area contributed by atoms with E-state index in [1.54, 1.807) is 19.2 Å². The van der Waals surface area contributed by atoms with Crippen molar-refractivity contribution in [2.75, 3.05) is 7.05 Å². The molecular weight excluding hydrogens is 288 g/mol. The molecule has 2 aromatic rings. The van der Waals surface area contributed by atoms with Crippen molar-refractivity contribution in [3.8, 4) is 5.75 Å². The molecule has 0 fully saturated rings. The van der Waals surface area contributed by atoms with Gasteiger partial charge in [-0.05, 0) is 24.6 Å². The van der Waals surface area contributed by atoms with Gasteiger partial charge in [0.2, 0.25) is 0 Å². The Labute approximate surface area is 128 Å².